The van der Waals surface area contributed by atoms with Gasteiger partial charge in [0.1, 0.15) is 0 Å². The predicted octanol–water partition coefficient (Wildman–Crippen LogP) is 4.58. The molecule has 4 rings (SSSR count). The summed E-state index contributed by atoms with van der Waals surface area (Å²) in [6.07, 6.45) is 0.552. The molecule has 0 aliphatic carbocycles. The van der Waals surface area contributed by atoms with Crippen LogP contribution in [0.4, 0.5) is 0 Å². The summed E-state index contributed by atoms with van der Waals surface area (Å²) in [7, 11) is -3.78. The van der Waals surface area contributed by atoms with Crippen LogP contribution in [-0.4, -0.2) is 24.3 Å². The van der Waals surface area contributed by atoms with Gasteiger partial charge < -0.3 is 4.98 Å². The number of pyridine rings is 1. The molecule has 0 aliphatic heterocycles. The molecule has 0 saturated carbocycles. The van der Waals surface area contributed by atoms with Crippen molar-refractivity contribution in [3.8, 4) is 0 Å². The Morgan fingerprint density at radius 1 is 0.844 bits per heavy atom. The maximum atomic E-state index is 13.5. The lowest BCUT2D eigenvalue weighted by atomic mass is 10.0. The van der Waals surface area contributed by atoms with Gasteiger partial charge in [-0.3, -0.25) is 4.79 Å². The number of aromatic amines is 1. The molecule has 32 heavy (non-hydrogen) atoms. The van der Waals surface area contributed by atoms with Gasteiger partial charge in [0.2, 0.25) is 10.0 Å². The van der Waals surface area contributed by atoms with Crippen LogP contribution in [0.25, 0.3) is 10.9 Å². The van der Waals surface area contributed by atoms with Crippen LogP contribution < -0.4 is 5.56 Å². The lowest BCUT2D eigenvalue weighted by Gasteiger charge is -2.22. The minimum atomic E-state index is -3.78. The Kier molecular flexibility index (Phi) is 6.26. The monoisotopic (exact) mass is 446 g/mol. The number of nitrogens with one attached hydrogen (secondary N) is 1. The fraction of sp³-hybridized carbons (Fsp3) is 0.192. The van der Waals surface area contributed by atoms with Crippen LogP contribution in [0.1, 0.15) is 22.3 Å². The molecule has 1 heterocycles. The Bertz CT molecular complexity index is 1400. The normalized spacial score (nSPS) is 11.8. The van der Waals surface area contributed by atoms with Crippen molar-refractivity contribution in [3.05, 3.63) is 111 Å². The number of H-pyrrole nitrogens is 1. The molecule has 0 amide bonds. The van der Waals surface area contributed by atoms with Crippen molar-refractivity contribution in [3.63, 3.8) is 0 Å². The number of aromatic nitrogens is 1. The van der Waals surface area contributed by atoms with E-state index < -0.39 is 10.0 Å². The van der Waals surface area contributed by atoms with E-state index in [2.05, 4.69) is 4.98 Å². The highest BCUT2D eigenvalue weighted by atomic mass is 32.2. The van der Waals surface area contributed by atoms with E-state index >= 15 is 0 Å². The summed E-state index contributed by atoms with van der Waals surface area (Å²) in [5.41, 5.74) is 4.01. The standard InChI is InChI=1S/C26H26N2O3S/c1-19-13-14-20(2)25-24(19)17-22(26(29)27-25)18-28(16-15-21-9-5-3-6-10-21)32(30,31)23-11-7-4-8-12-23/h3-14,17H,15-16,18H2,1-2H3,(H,27,29). The summed E-state index contributed by atoms with van der Waals surface area (Å²) < 4.78 is 28.3. The van der Waals surface area contributed by atoms with Crippen molar-refractivity contribution in [2.75, 3.05) is 6.54 Å². The number of rotatable bonds is 7. The Morgan fingerprint density at radius 3 is 2.16 bits per heavy atom. The molecule has 0 unspecified atom stereocenters. The fourth-order valence-electron chi connectivity index (χ4n) is 3.85. The first kappa shape index (κ1) is 22.0. The van der Waals surface area contributed by atoms with Gasteiger partial charge >= 0.3 is 0 Å². The van der Waals surface area contributed by atoms with E-state index in [-0.39, 0.29) is 23.5 Å². The molecular formula is C26H26N2O3S. The van der Waals surface area contributed by atoms with Crippen LogP contribution >= 0.6 is 0 Å². The Balaban J connectivity index is 1.74. The summed E-state index contributed by atoms with van der Waals surface area (Å²) >= 11 is 0. The third-order valence-corrected chi connectivity index (χ3v) is 7.60. The molecule has 164 valence electrons. The average Bonchev–Trinajstić information content (AvgIpc) is 2.81. The minimum Gasteiger partial charge on any atom is -0.321 e. The predicted molar refractivity (Wildman–Crippen MR) is 128 cm³/mol. The molecule has 0 spiro atoms. The number of sulfonamides is 1. The van der Waals surface area contributed by atoms with Crippen LogP contribution in [0.3, 0.4) is 0 Å². The number of nitrogens with zero attached hydrogens (tertiary/aromatic N) is 1. The molecule has 4 aromatic rings. The highest BCUT2D eigenvalue weighted by Crippen LogP contribution is 2.22. The molecule has 6 heteroatoms. The zero-order valence-corrected chi connectivity index (χ0v) is 19.0. The highest BCUT2D eigenvalue weighted by Gasteiger charge is 2.25. The van der Waals surface area contributed by atoms with E-state index in [1.165, 1.54) is 4.31 Å². The zero-order chi connectivity index (χ0) is 22.7. The van der Waals surface area contributed by atoms with E-state index in [1.54, 1.807) is 30.3 Å². The summed E-state index contributed by atoms with van der Waals surface area (Å²) in [6.45, 7) is 4.20. The molecule has 0 aliphatic rings. The number of hydrogen-bond acceptors (Lipinski definition) is 3. The third-order valence-electron chi connectivity index (χ3n) is 5.74. The van der Waals surface area contributed by atoms with Gasteiger partial charge in [-0.1, -0.05) is 60.7 Å². The van der Waals surface area contributed by atoms with Crippen molar-refractivity contribution in [2.45, 2.75) is 31.7 Å². The quantitative estimate of drug-likeness (QED) is 0.452. The molecule has 0 radical (unpaired) electrons. The SMILES string of the molecule is Cc1ccc(C)c2[nH]c(=O)c(CN(CCc3ccccc3)S(=O)(=O)c3ccccc3)cc12. The highest BCUT2D eigenvalue weighted by molar-refractivity contribution is 7.89. The zero-order valence-electron chi connectivity index (χ0n) is 18.2. The Morgan fingerprint density at radius 2 is 1.47 bits per heavy atom. The second kappa shape index (κ2) is 9.10. The number of hydrogen-bond donors (Lipinski definition) is 1. The molecule has 1 N–H and O–H groups in total. The Hall–Kier alpha value is -3.22. The smallest absolute Gasteiger partial charge is 0.252 e. The third kappa shape index (κ3) is 4.52. The molecule has 1 aromatic heterocycles. The number of benzene rings is 3. The molecular weight excluding hydrogens is 420 g/mol. The molecule has 0 saturated heterocycles. The lowest BCUT2D eigenvalue weighted by molar-refractivity contribution is 0.408. The van der Waals surface area contributed by atoms with Gasteiger partial charge in [-0.05, 0) is 55.2 Å². The summed E-state index contributed by atoms with van der Waals surface area (Å²) in [5, 5.41) is 0.930. The van der Waals surface area contributed by atoms with Crippen molar-refractivity contribution < 1.29 is 8.42 Å². The fourth-order valence-corrected chi connectivity index (χ4v) is 5.29. The summed E-state index contributed by atoms with van der Waals surface area (Å²) in [6, 6.07) is 23.9. The lowest BCUT2D eigenvalue weighted by Crippen LogP contribution is -2.34. The molecule has 3 aromatic carbocycles. The van der Waals surface area contributed by atoms with E-state index in [4.69, 9.17) is 0 Å². The first-order valence-electron chi connectivity index (χ1n) is 10.6. The van der Waals surface area contributed by atoms with Gasteiger partial charge in [-0.15, -0.1) is 0 Å². The van der Waals surface area contributed by atoms with E-state index in [9.17, 15) is 13.2 Å². The Labute approximate surface area is 188 Å². The molecule has 0 bridgehead atoms. The van der Waals surface area contributed by atoms with Gasteiger partial charge in [0.05, 0.1) is 10.4 Å². The second-order valence-corrected chi connectivity index (χ2v) is 9.94. The van der Waals surface area contributed by atoms with Crippen LogP contribution in [0, 0.1) is 13.8 Å². The number of aryl methyl sites for hydroxylation is 2. The van der Waals surface area contributed by atoms with Crippen LogP contribution in [0.2, 0.25) is 0 Å². The average molecular weight is 447 g/mol. The van der Waals surface area contributed by atoms with Crippen molar-refractivity contribution in [2.24, 2.45) is 0 Å². The van der Waals surface area contributed by atoms with Crippen molar-refractivity contribution in [1.82, 2.24) is 9.29 Å². The topological polar surface area (TPSA) is 70.2 Å². The second-order valence-electron chi connectivity index (χ2n) is 8.00. The summed E-state index contributed by atoms with van der Waals surface area (Å²) in [5.74, 6) is 0. The van der Waals surface area contributed by atoms with Crippen LogP contribution in [-0.2, 0) is 23.0 Å². The minimum absolute atomic E-state index is 0.00269. The van der Waals surface area contributed by atoms with Gasteiger partial charge in [-0.2, -0.15) is 4.31 Å². The van der Waals surface area contributed by atoms with E-state index in [0.717, 1.165) is 27.6 Å². The van der Waals surface area contributed by atoms with E-state index in [0.29, 0.717) is 12.0 Å². The first-order chi connectivity index (χ1) is 15.4. The maximum absolute atomic E-state index is 13.5. The largest absolute Gasteiger partial charge is 0.321 e. The molecule has 0 atom stereocenters. The van der Waals surface area contributed by atoms with Crippen molar-refractivity contribution >= 4 is 20.9 Å². The molecule has 5 nitrogen and oxygen atoms in total. The maximum Gasteiger partial charge on any atom is 0.252 e. The summed E-state index contributed by atoms with van der Waals surface area (Å²) in [4.78, 5) is 16.1. The van der Waals surface area contributed by atoms with Gasteiger partial charge in [0.15, 0.2) is 0 Å². The van der Waals surface area contributed by atoms with Gasteiger partial charge in [0, 0.05) is 24.0 Å². The van der Waals surface area contributed by atoms with Crippen molar-refractivity contribution in [1.29, 1.82) is 0 Å². The first-order valence-corrected chi connectivity index (χ1v) is 12.0. The number of fused-ring (bicyclic) bond motifs is 1. The van der Waals surface area contributed by atoms with Gasteiger partial charge in [-0.25, -0.2) is 8.42 Å². The van der Waals surface area contributed by atoms with E-state index in [1.807, 2.05) is 62.4 Å². The molecule has 0 fully saturated rings. The van der Waals surface area contributed by atoms with Crippen LogP contribution in [0.15, 0.2) is 88.6 Å². The van der Waals surface area contributed by atoms with Gasteiger partial charge in [0.25, 0.3) is 5.56 Å². The van der Waals surface area contributed by atoms with Crippen LogP contribution in [0.5, 0.6) is 0 Å².